The Labute approximate surface area is 235 Å². The first-order chi connectivity index (χ1) is 19.8. The van der Waals surface area contributed by atoms with Crippen LogP contribution in [0.1, 0.15) is 49.3 Å². The maximum absolute atomic E-state index is 15.3. The van der Waals surface area contributed by atoms with Gasteiger partial charge < -0.3 is 14.1 Å². The number of aliphatic hydroxyl groups excluding tert-OH is 1. The Morgan fingerprint density at radius 2 is 1.88 bits per heavy atom. The molecule has 2 aliphatic rings. The van der Waals surface area contributed by atoms with Gasteiger partial charge in [-0.05, 0) is 92.2 Å². The zero-order chi connectivity index (χ0) is 28.2. The molecule has 41 heavy (non-hydrogen) atoms. The second-order valence-electron chi connectivity index (χ2n) is 11.3. The molecule has 0 radical (unpaired) electrons. The number of aryl methyl sites for hydroxylation is 1. The van der Waals surface area contributed by atoms with E-state index >= 15 is 4.39 Å². The fourth-order valence-corrected chi connectivity index (χ4v) is 5.97. The highest BCUT2D eigenvalue weighted by Crippen LogP contribution is 2.42. The fourth-order valence-electron chi connectivity index (χ4n) is 5.97. The van der Waals surface area contributed by atoms with E-state index in [2.05, 4.69) is 20.1 Å². The standard InChI is InChI=1S/C31H30F2N6O2/c1-38(27-4-3-5-28(27)40)15-17-10-23(33)29-25(11-17)36-31(41-29)26-13-19(12-24(35-26)18-6-7-18)21-9-8-20(32)14-22(21)30-37-34-16-39(30)2/h8-14,16,18,27-28,40H,3-7,15H2,1-2H3/t27-,28+/m1/s1. The summed E-state index contributed by atoms with van der Waals surface area (Å²) in [5, 5.41) is 18.5. The topological polar surface area (TPSA) is 93.1 Å². The number of aromatic nitrogens is 5. The van der Waals surface area contributed by atoms with Crippen LogP contribution in [-0.2, 0) is 13.6 Å². The molecule has 0 unspecified atom stereocenters. The van der Waals surface area contributed by atoms with Crippen LogP contribution >= 0.6 is 0 Å². The molecular formula is C31H30F2N6O2. The van der Waals surface area contributed by atoms with Crippen LogP contribution in [0.3, 0.4) is 0 Å². The predicted molar refractivity (Wildman–Crippen MR) is 150 cm³/mol. The van der Waals surface area contributed by atoms with Crippen molar-refractivity contribution >= 4 is 11.1 Å². The van der Waals surface area contributed by atoms with Gasteiger partial charge in [0, 0.05) is 36.8 Å². The molecule has 0 saturated heterocycles. The third kappa shape index (κ3) is 4.91. The number of hydrogen-bond acceptors (Lipinski definition) is 7. The number of pyridine rings is 1. The monoisotopic (exact) mass is 556 g/mol. The number of fused-ring (bicyclic) bond motifs is 1. The maximum Gasteiger partial charge on any atom is 0.246 e. The molecule has 0 amide bonds. The summed E-state index contributed by atoms with van der Waals surface area (Å²) in [7, 11) is 3.77. The molecule has 210 valence electrons. The average molecular weight is 557 g/mol. The van der Waals surface area contributed by atoms with E-state index in [1.165, 1.54) is 18.2 Å². The molecule has 0 spiro atoms. The number of aliphatic hydroxyl groups is 1. The lowest BCUT2D eigenvalue weighted by Gasteiger charge is -2.26. The van der Waals surface area contributed by atoms with Crippen molar-refractivity contribution in [2.45, 2.75) is 56.7 Å². The largest absolute Gasteiger partial charge is 0.432 e. The van der Waals surface area contributed by atoms with Gasteiger partial charge in [-0.25, -0.2) is 18.7 Å². The van der Waals surface area contributed by atoms with Gasteiger partial charge in [-0.2, -0.15) is 0 Å². The molecule has 2 fully saturated rings. The second kappa shape index (κ2) is 10.1. The smallest absolute Gasteiger partial charge is 0.246 e. The summed E-state index contributed by atoms with van der Waals surface area (Å²) >= 11 is 0. The van der Waals surface area contributed by atoms with Crippen LogP contribution in [0.5, 0.6) is 0 Å². The van der Waals surface area contributed by atoms with E-state index in [0.29, 0.717) is 35.1 Å². The van der Waals surface area contributed by atoms with Crippen molar-refractivity contribution in [1.29, 1.82) is 0 Å². The number of rotatable bonds is 7. The third-order valence-electron chi connectivity index (χ3n) is 8.25. The SMILES string of the molecule is CN(Cc1cc(F)c2oc(-c3cc(-c4ccc(F)cc4-c4nncn4C)cc(C4CC4)n3)nc2c1)[C@@H]1CCC[C@@H]1O. The van der Waals surface area contributed by atoms with E-state index in [9.17, 15) is 9.50 Å². The molecule has 2 aromatic carbocycles. The van der Waals surface area contributed by atoms with Crippen molar-refractivity contribution in [2.24, 2.45) is 7.05 Å². The predicted octanol–water partition coefficient (Wildman–Crippen LogP) is 5.85. The van der Waals surface area contributed by atoms with Gasteiger partial charge >= 0.3 is 0 Å². The summed E-state index contributed by atoms with van der Waals surface area (Å²) in [5.74, 6) is 0.223. The van der Waals surface area contributed by atoms with E-state index in [1.807, 2.05) is 32.3 Å². The lowest BCUT2D eigenvalue weighted by molar-refractivity contribution is 0.0825. The summed E-state index contributed by atoms with van der Waals surface area (Å²) in [4.78, 5) is 11.6. The van der Waals surface area contributed by atoms with E-state index in [-0.39, 0.29) is 29.4 Å². The van der Waals surface area contributed by atoms with E-state index in [0.717, 1.165) is 54.5 Å². The highest BCUT2D eigenvalue weighted by atomic mass is 19.1. The Morgan fingerprint density at radius 3 is 2.61 bits per heavy atom. The number of oxazole rings is 1. The molecule has 3 heterocycles. The second-order valence-corrected chi connectivity index (χ2v) is 11.3. The Balaban J connectivity index is 1.29. The Hall–Kier alpha value is -4.02. The number of hydrogen-bond donors (Lipinski definition) is 1. The maximum atomic E-state index is 15.3. The number of halogens is 2. The van der Waals surface area contributed by atoms with E-state index in [1.54, 1.807) is 17.0 Å². The van der Waals surface area contributed by atoms with E-state index in [4.69, 9.17) is 9.40 Å². The van der Waals surface area contributed by atoms with Crippen molar-refractivity contribution < 1.29 is 18.3 Å². The minimum Gasteiger partial charge on any atom is -0.432 e. The van der Waals surface area contributed by atoms with Crippen molar-refractivity contribution in [3.63, 3.8) is 0 Å². The van der Waals surface area contributed by atoms with Crippen LogP contribution in [-0.4, -0.2) is 53.9 Å². The third-order valence-corrected chi connectivity index (χ3v) is 8.25. The van der Waals surface area contributed by atoms with Crippen molar-refractivity contribution in [3.8, 4) is 34.1 Å². The van der Waals surface area contributed by atoms with Gasteiger partial charge in [0.05, 0.1) is 6.10 Å². The molecule has 0 aliphatic heterocycles. The number of benzene rings is 2. The van der Waals surface area contributed by atoms with E-state index < -0.39 is 5.82 Å². The highest BCUT2D eigenvalue weighted by Gasteiger charge is 2.30. The first-order valence-electron chi connectivity index (χ1n) is 14.0. The van der Waals surface area contributed by atoms with Gasteiger partial charge in [-0.1, -0.05) is 6.07 Å². The van der Waals surface area contributed by atoms with Crippen molar-refractivity contribution in [3.05, 3.63) is 71.7 Å². The average Bonchev–Trinajstić information content (AvgIpc) is 3.33. The van der Waals surface area contributed by atoms with Crippen molar-refractivity contribution in [1.82, 2.24) is 29.6 Å². The van der Waals surface area contributed by atoms with Gasteiger partial charge in [-0.15, -0.1) is 10.2 Å². The minimum absolute atomic E-state index is 0.0623. The Morgan fingerprint density at radius 1 is 1.02 bits per heavy atom. The summed E-state index contributed by atoms with van der Waals surface area (Å²) in [6.45, 7) is 0.492. The number of nitrogens with zero attached hydrogens (tertiary/aromatic N) is 6. The molecular weight excluding hydrogens is 526 g/mol. The van der Waals surface area contributed by atoms with Gasteiger partial charge in [-0.3, -0.25) is 4.90 Å². The van der Waals surface area contributed by atoms with Crippen LogP contribution < -0.4 is 0 Å². The Kier molecular flexibility index (Phi) is 6.39. The highest BCUT2D eigenvalue weighted by molar-refractivity contribution is 5.83. The van der Waals surface area contributed by atoms with Gasteiger partial charge in [0.2, 0.25) is 5.89 Å². The first kappa shape index (κ1) is 25.9. The van der Waals surface area contributed by atoms with Gasteiger partial charge in [0.15, 0.2) is 17.2 Å². The molecule has 0 bridgehead atoms. The zero-order valence-electron chi connectivity index (χ0n) is 22.9. The van der Waals surface area contributed by atoms with Crippen LogP contribution in [0.25, 0.3) is 45.2 Å². The summed E-state index contributed by atoms with van der Waals surface area (Å²) in [6.07, 6.45) is 5.99. The molecule has 7 rings (SSSR count). The molecule has 1 N–H and O–H groups in total. The molecule has 3 aromatic heterocycles. The molecule has 2 atom stereocenters. The quantitative estimate of drug-likeness (QED) is 0.269. The normalized spacial score (nSPS) is 19.1. The molecule has 10 heteroatoms. The lowest BCUT2D eigenvalue weighted by atomic mass is 9.97. The van der Waals surface area contributed by atoms with Crippen LogP contribution in [0.2, 0.25) is 0 Å². The molecule has 2 aliphatic carbocycles. The molecule has 5 aromatic rings. The number of likely N-dealkylation sites (N-methyl/N-ethyl adjacent to an activating group) is 1. The van der Waals surface area contributed by atoms with Crippen molar-refractivity contribution in [2.75, 3.05) is 7.05 Å². The van der Waals surface area contributed by atoms with Crippen LogP contribution in [0, 0.1) is 11.6 Å². The minimum atomic E-state index is -0.488. The Bertz CT molecular complexity index is 1760. The fraction of sp³-hybridized carbons (Fsp3) is 0.355. The van der Waals surface area contributed by atoms with Crippen LogP contribution in [0.15, 0.2) is 53.2 Å². The first-order valence-corrected chi connectivity index (χ1v) is 14.0. The summed E-state index contributed by atoms with van der Waals surface area (Å²) < 4.78 is 37.3. The molecule has 8 nitrogen and oxygen atoms in total. The van der Waals surface area contributed by atoms with Gasteiger partial charge in [0.25, 0.3) is 0 Å². The van der Waals surface area contributed by atoms with Gasteiger partial charge in [0.1, 0.15) is 23.4 Å². The zero-order valence-corrected chi connectivity index (χ0v) is 22.9. The van der Waals surface area contributed by atoms with Crippen LogP contribution in [0.4, 0.5) is 8.78 Å². The molecule has 2 saturated carbocycles. The summed E-state index contributed by atoms with van der Waals surface area (Å²) in [6, 6.07) is 11.8. The lowest BCUT2D eigenvalue weighted by Crippen LogP contribution is -2.36. The summed E-state index contributed by atoms with van der Waals surface area (Å²) in [5.41, 5.74) is 4.83.